The number of hydrogen-bond donors (Lipinski definition) is 8. The Morgan fingerprint density at radius 2 is 0.868 bits per heavy atom. The number of aromatic nitrogens is 4. The van der Waals surface area contributed by atoms with Crippen molar-refractivity contribution in [3.63, 3.8) is 0 Å². The number of carboxylic acids is 1. The van der Waals surface area contributed by atoms with E-state index in [1.807, 2.05) is 91.0 Å². The number of aliphatic hydroxyl groups excluding tert-OH is 1. The number of aromatic amines is 2. The predicted octanol–water partition coefficient (Wildman–Crippen LogP) is 4.47. The molecule has 0 aliphatic rings. The van der Waals surface area contributed by atoms with E-state index in [0.29, 0.717) is 28.3 Å². The number of nitrogen functional groups attached to an aromatic ring is 4. The summed E-state index contributed by atoms with van der Waals surface area (Å²) >= 11 is 0. The van der Waals surface area contributed by atoms with Crippen LogP contribution in [0.15, 0.2) is 212 Å². The summed E-state index contributed by atoms with van der Waals surface area (Å²) in [6, 6.07) is 64.9. The van der Waals surface area contributed by atoms with Gasteiger partial charge in [-0.3, -0.25) is 0 Å². The van der Waals surface area contributed by atoms with Gasteiger partial charge < -0.3 is 49.1 Å². The van der Waals surface area contributed by atoms with Gasteiger partial charge in [-0.05, 0) is 78.7 Å². The summed E-state index contributed by atoms with van der Waals surface area (Å²) in [7, 11) is -7.76. The molecule has 1 unspecified atom stereocenters. The molecule has 0 spiro atoms. The second-order valence-corrected chi connectivity index (χ2v) is 16.7. The summed E-state index contributed by atoms with van der Waals surface area (Å²) in [4.78, 5) is 25.9. The van der Waals surface area contributed by atoms with Crippen molar-refractivity contribution in [3.05, 3.63) is 229 Å². The van der Waals surface area contributed by atoms with E-state index in [2.05, 4.69) is 63.3 Å². The zero-order valence-corrected chi connectivity index (χ0v) is 46.2. The van der Waals surface area contributed by atoms with Crippen molar-refractivity contribution >= 4 is 71.5 Å². The topological polar surface area (TPSA) is 327 Å². The molecule has 0 saturated heterocycles. The standard InChI is InChI=1S/C14H12N2.C13H10N2.C7H8O4S.C7H6O2.2C6H8N2.2CH4.2Na.O3S.H/c1-10-7-8-12-13(9-10)16-14(15-12)11-5-3-2-4-6-11;1-2-6-10(7-3-1)13-14-11-8-4-5-9-12(11)15-13;8-7(12(9,10)11)6-4-2-1-3-5-6;8-7(9)6-4-2-1-3-5-6;2*7-5-3-1-2-4-6(5)8;;;;;1-4(2)3;/h2-9H,1H3,(H,15,16);1-9H,(H,14,15);1-5,7-8H,(H,9,10,11);1-5H,(H,8,9);2*1-4H,7-8H2;2*1H4;;;;/q;;;;;;;;2*+1;;-1/p-1. The number of aryl methyl sites for hydroxylation is 1. The van der Waals surface area contributed by atoms with Gasteiger partial charge >= 0.3 is 75.7 Å². The number of aliphatic hydroxyl groups is 1. The second kappa shape index (κ2) is 35.9. The molecular formula is C55H60N8Na2O9S2. The number of anilines is 4. The van der Waals surface area contributed by atoms with Crippen LogP contribution in [0.2, 0.25) is 0 Å². The molecule has 17 nitrogen and oxygen atoms in total. The Kier molecular flexibility index (Phi) is 32.6. The number of carbonyl (C=O) groups is 1. The second-order valence-electron chi connectivity index (χ2n) is 14.8. The van der Waals surface area contributed by atoms with Gasteiger partial charge in [0.1, 0.15) is 21.8 Å². The van der Waals surface area contributed by atoms with Crippen LogP contribution in [-0.2, 0) is 20.7 Å². The van der Waals surface area contributed by atoms with E-state index >= 15 is 0 Å². The zero-order valence-electron chi connectivity index (χ0n) is 41.6. The summed E-state index contributed by atoms with van der Waals surface area (Å²) in [6.45, 7) is 2.09. The number of fused-ring (bicyclic) bond motifs is 2. The van der Waals surface area contributed by atoms with Crippen LogP contribution in [0, 0.1) is 6.92 Å². The minimum atomic E-state index is -4.65. The first kappa shape index (κ1) is 68.9. The Bertz CT molecular complexity index is 3360. The Morgan fingerprint density at radius 3 is 1.22 bits per heavy atom. The number of nitrogens with one attached hydrogen (secondary N) is 2. The van der Waals surface area contributed by atoms with Crippen LogP contribution >= 0.6 is 0 Å². The van der Waals surface area contributed by atoms with E-state index in [0.717, 1.165) is 44.8 Å². The molecule has 0 radical (unpaired) electrons. The molecular weight excluding hydrogens is 1030 g/mol. The van der Waals surface area contributed by atoms with Gasteiger partial charge in [0.05, 0.1) is 50.4 Å². The summed E-state index contributed by atoms with van der Waals surface area (Å²) in [6.07, 6.45) is 0. The number of rotatable bonds is 5. The van der Waals surface area contributed by atoms with Gasteiger partial charge in [-0.1, -0.05) is 167 Å². The monoisotopic (exact) mass is 1090 g/mol. The fourth-order valence-corrected chi connectivity index (χ4v) is 6.42. The number of para-hydroxylation sites is 6. The van der Waals surface area contributed by atoms with Gasteiger partial charge in [0, 0.05) is 11.1 Å². The molecule has 0 bridgehead atoms. The number of nitrogens with zero attached hydrogens (tertiary/aromatic N) is 2. The molecule has 0 aliphatic carbocycles. The Balaban J connectivity index is 0. The van der Waals surface area contributed by atoms with Gasteiger partial charge in [-0.15, -0.1) is 12.6 Å². The van der Waals surface area contributed by atoms with Crippen LogP contribution in [-0.4, -0.2) is 61.7 Å². The molecule has 388 valence electrons. The SMILES string of the molecule is C.C.Cc1ccc2nc(-c3ccccc3)[nH]c2c1.Nc1ccccc1N.Nc1ccccc1N.O=C(O)c1ccccc1.O=S(=O)([O-])C(O)c1ccccc1.O=S(=O)=O.[H-].[Na+].[Na+].c1ccc(-c2nc3ccccc3[nH]2)cc1. The molecule has 2 heterocycles. The third-order valence-electron chi connectivity index (χ3n) is 9.49. The minimum Gasteiger partial charge on any atom is -1.00 e. The fraction of sp³-hybridized carbons (Fsp3) is 0.0727. The van der Waals surface area contributed by atoms with E-state index in [4.69, 9.17) is 45.8 Å². The third-order valence-corrected chi connectivity index (χ3v) is 10.3. The van der Waals surface area contributed by atoms with Crippen molar-refractivity contribution in [1.82, 2.24) is 19.9 Å². The Morgan fingerprint density at radius 1 is 0.539 bits per heavy atom. The van der Waals surface area contributed by atoms with Crippen LogP contribution in [0.5, 0.6) is 0 Å². The van der Waals surface area contributed by atoms with Crippen molar-refractivity contribution < 1.29 is 101 Å². The molecule has 0 amide bonds. The van der Waals surface area contributed by atoms with Gasteiger partial charge in [0.25, 0.3) is 0 Å². The zero-order chi connectivity index (χ0) is 52.5. The quantitative estimate of drug-likeness (QED) is 0.0670. The molecule has 0 saturated carbocycles. The summed E-state index contributed by atoms with van der Waals surface area (Å²) < 4.78 is 56.3. The first-order valence-electron chi connectivity index (χ1n) is 21.4. The molecule has 10 rings (SSSR count). The van der Waals surface area contributed by atoms with Crippen molar-refractivity contribution in [1.29, 1.82) is 0 Å². The molecule has 10 aromatic rings. The molecule has 76 heavy (non-hydrogen) atoms. The summed E-state index contributed by atoms with van der Waals surface area (Å²) in [5.41, 5.74) is 30.3. The molecule has 12 N–H and O–H groups in total. The average molecular weight is 1090 g/mol. The maximum atomic E-state index is 10.3. The fourth-order valence-electron chi connectivity index (χ4n) is 5.93. The molecule has 21 heteroatoms. The minimum absolute atomic E-state index is 0. The first-order valence-corrected chi connectivity index (χ1v) is 23.8. The molecule has 8 aromatic carbocycles. The first-order chi connectivity index (χ1) is 34.4. The largest absolute Gasteiger partial charge is 1.00 e. The smallest absolute Gasteiger partial charge is 1.00 e. The maximum absolute atomic E-state index is 10.3. The Hall–Kier alpha value is -7.14. The van der Waals surface area contributed by atoms with E-state index in [1.54, 1.807) is 72.8 Å². The van der Waals surface area contributed by atoms with E-state index in [1.165, 1.54) is 17.7 Å². The number of nitrogens with two attached hydrogens (primary N) is 4. The van der Waals surface area contributed by atoms with Gasteiger partial charge in [-0.2, -0.15) is 0 Å². The third kappa shape index (κ3) is 24.5. The number of imidazole rings is 2. The van der Waals surface area contributed by atoms with Gasteiger partial charge in [0.15, 0.2) is 5.44 Å². The number of carboxylic acid groups (broad SMARTS) is 1. The summed E-state index contributed by atoms with van der Waals surface area (Å²) in [5, 5.41) is 17.3. The number of aromatic carboxylic acids is 1. The van der Waals surface area contributed by atoms with Crippen LogP contribution in [0.4, 0.5) is 22.7 Å². The molecule has 0 fully saturated rings. The Labute approximate surface area is 490 Å². The van der Waals surface area contributed by atoms with Gasteiger partial charge in [0.2, 0.25) is 0 Å². The van der Waals surface area contributed by atoms with E-state index in [9.17, 15) is 17.8 Å². The van der Waals surface area contributed by atoms with Crippen molar-refractivity contribution in [3.8, 4) is 22.8 Å². The number of hydrogen-bond acceptors (Lipinski definition) is 14. The maximum Gasteiger partial charge on any atom is 1.00 e. The van der Waals surface area contributed by atoms with E-state index in [-0.39, 0.29) is 81.0 Å². The molecule has 1 atom stereocenters. The van der Waals surface area contributed by atoms with Crippen molar-refractivity contribution in [2.45, 2.75) is 27.2 Å². The van der Waals surface area contributed by atoms with Crippen molar-refractivity contribution in [2.24, 2.45) is 0 Å². The van der Waals surface area contributed by atoms with Crippen LogP contribution in [0.1, 0.15) is 43.2 Å². The van der Waals surface area contributed by atoms with Crippen LogP contribution in [0.3, 0.4) is 0 Å². The van der Waals surface area contributed by atoms with Crippen molar-refractivity contribution in [2.75, 3.05) is 22.9 Å². The van der Waals surface area contributed by atoms with Crippen LogP contribution in [0.25, 0.3) is 44.8 Å². The number of benzene rings is 8. The molecule has 0 aliphatic heterocycles. The predicted molar refractivity (Wildman–Crippen MR) is 297 cm³/mol. The summed E-state index contributed by atoms with van der Waals surface area (Å²) in [5.74, 6) is 0.980. The van der Waals surface area contributed by atoms with Gasteiger partial charge in [-0.25, -0.2) is 23.2 Å². The van der Waals surface area contributed by atoms with E-state index < -0.39 is 32.1 Å². The normalized spacial score (nSPS) is 9.88. The number of H-pyrrole nitrogens is 2. The average Bonchev–Trinajstić information content (AvgIpc) is 4.02. The van der Waals surface area contributed by atoms with Crippen LogP contribution < -0.4 is 82.0 Å². The molecule has 2 aromatic heterocycles.